The van der Waals surface area contributed by atoms with E-state index in [1.54, 1.807) is 0 Å². The molecule has 44 heavy (non-hydrogen) atoms. The molecule has 10 rings (SSSR count). The fraction of sp³-hybridized carbons (Fsp3) is 0.0500. The van der Waals surface area contributed by atoms with Crippen molar-refractivity contribution in [3.63, 3.8) is 0 Å². The molecular weight excluding hydrogens is 555 g/mol. The Morgan fingerprint density at radius 3 is 2.39 bits per heavy atom. The average Bonchev–Trinajstić information content (AvgIpc) is 3.64. The van der Waals surface area contributed by atoms with Crippen molar-refractivity contribution >= 4 is 70.2 Å². The number of fused-ring (bicyclic) bond motifs is 11. The Balaban J connectivity index is 1.32. The minimum atomic E-state index is 0.266. The summed E-state index contributed by atoms with van der Waals surface area (Å²) in [5.41, 5.74) is 6.73. The van der Waals surface area contributed by atoms with Gasteiger partial charge in [0, 0.05) is 48.3 Å². The van der Waals surface area contributed by atoms with Gasteiger partial charge in [-0.15, -0.1) is 11.3 Å². The molecule has 0 aliphatic heterocycles. The number of benzene rings is 5. The first-order valence-electron chi connectivity index (χ1n) is 15.1. The molecule has 0 amide bonds. The summed E-state index contributed by atoms with van der Waals surface area (Å²) in [4.78, 5) is 10.7. The normalized spacial score (nSPS) is 17.3. The van der Waals surface area contributed by atoms with Gasteiger partial charge in [-0.3, -0.25) is 4.57 Å². The van der Waals surface area contributed by atoms with Crippen LogP contribution in [0.5, 0.6) is 0 Å². The molecule has 0 bridgehead atoms. The van der Waals surface area contributed by atoms with Gasteiger partial charge in [0.15, 0.2) is 0 Å². The molecule has 0 N–H and O–H groups in total. The summed E-state index contributed by atoms with van der Waals surface area (Å²) in [6.45, 7) is 0. The van der Waals surface area contributed by atoms with Gasteiger partial charge in [0.05, 0.1) is 22.4 Å². The lowest BCUT2D eigenvalue weighted by atomic mass is 9.78. The molecule has 8 aromatic rings. The van der Waals surface area contributed by atoms with Gasteiger partial charge < -0.3 is 0 Å². The molecule has 4 heteroatoms. The second kappa shape index (κ2) is 9.09. The summed E-state index contributed by atoms with van der Waals surface area (Å²) in [7, 11) is 0. The molecule has 0 saturated carbocycles. The van der Waals surface area contributed by atoms with Gasteiger partial charge in [-0.2, -0.15) is 0 Å². The molecule has 2 unspecified atom stereocenters. The molecular formula is C40H25N3S. The largest absolute Gasteiger partial charge is 0.278 e. The Bertz CT molecular complexity index is 2580. The van der Waals surface area contributed by atoms with Crippen LogP contribution < -0.4 is 0 Å². The van der Waals surface area contributed by atoms with Crippen molar-refractivity contribution in [2.24, 2.45) is 5.92 Å². The van der Waals surface area contributed by atoms with E-state index < -0.39 is 0 Å². The van der Waals surface area contributed by atoms with Crippen molar-refractivity contribution in [2.75, 3.05) is 0 Å². The van der Waals surface area contributed by atoms with Crippen molar-refractivity contribution in [1.82, 2.24) is 14.5 Å². The van der Waals surface area contributed by atoms with Crippen LogP contribution in [0.4, 0.5) is 0 Å². The summed E-state index contributed by atoms with van der Waals surface area (Å²) in [6.07, 6.45) is 13.7. The van der Waals surface area contributed by atoms with E-state index in [9.17, 15) is 0 Å². The number of para-hydroxylation sites is 1. The third-order valence-corrected chi connectivity index (χ3v) is 10.6. The highest BCUT2D eigenvalue weighted by atomic mass is 32.1. The van der Waals surface area contributed by atoms with Crippen LogP contribution in [-0.2, 0) is 0 Å². The number of nitrogens with zero attached hydrogens (tertiary/aromatic N) is 3. The Labute approximate surface area is 257 Å². The van der Waals surface area contributed by atoms with E-state index in [0.29, 0.717) is 11.9 Å². The van der Waals surface area contributed by atoms with E-state index in [4.69, 9.17) is 9.97 Å². The van der Waals surface area contributed by atoms with Crippen LogP contribution in [0.2, 0.25) is 0 Å². The van der Waals surface area contributed by atoms with Crippen molar-refractivity contribution in [3.05, 3.63) is 145 Å². The monoisotopic (exact) mass is 579 g/mol. The maximum atomic E-state index is 5.47. The number of thiophene rings is 1. The van der Waals surface area contributed by atoms with E-state index in [-0.39, 0.29) is 5.92 Å². The quantitative estimate of drug-likeness (QED) is 0.204. The Kier molecular flexibility index (Phi) is 4.99. The second-order valence-corrected chi connectivity index (χ2v) is 12.8. The van der Waals surface area contributed by atoms with Crippen LogP contribution in [0.15, 0.2) is 134 Å². The third kappa shape index (κ3) is 3.32. The molecule has 3 nitrogen and oxygen atoms in total. The Morgan fingerprint density at radius 1 is 0.636 bits per heavy atom. The number of allylic oxidation sites excluding steroid dienone is 5. The topological polar surface area (TPSA) is 30.7 Å². The zero-order valence-electron chi connectivity index (χ0n) is 23.7. The van der Waals surface area contributed by atoms with Gasteiger partial charge in [0.1, 0.15) is 0 Å². The fourth-order valence-electron chi connectivity index (χ4n) is 7.43. The van der Waals surface area contributed by atoms with Gasteiger partial charge >= 0.3 is 0 Å². The highest BCUT2D eigenvalue weighted by Gasteiger charge is 2.31. The molecule has 0 radical (unpaired) electrons. The minimum absolute atomic E-state index is 0.266. The SMILES string of the molecule is C1=CC2C=Cc3c(c4c5ccccc5ccc4n3-c3nc(-c4cccc5c4sc4ccccc45)c4ccccc4n3)C2C=C1. The number of aromatic nitrogens is 3. The van der Waals surface area contributed by atoms with Crippen LogP contribution >= 0.6 is 11.3 Å². The lowest BCUT2D eigenvalue weighted by molar-refractivity contribution is 0.692. The standard InChI is InChI=1S/C40H25N3S/c1-3-12-26-24(10-1)20-22-33-36(26)37-27-13-4-2-11-25(27)21-23-34(37)43(33)40-41-32-18-7-5-15-30(32)38(42-40)31-17-9-16-29-28-14-6-8-19-35(28)44-39(29)31/h1-24,26H. The zero-order valence-corrected chi connectivity index (χ0v) is 24.5. The minimum Gasteiger partial charge on any atom is -0.278 e. The first-order chi connectivity index (χ1) is 21.8. The molecule has 0 fully saturated rings. The molecule has 2 atom stereocenters. The van der Waals surface area contributed by atoms with E-state index in [1.165, 1.54) is 47.6 Å². The third-order valence-electron chi connectivity index (χ3n) is 9.37. The smallest absolute Gasteiger partial charge is 0.235 e. The number of rotatable bonds is 2. The molecule has 0 spiro atoms. The molecule has 2 aliphatic carbocycles. The van der Waals surface area contributed by atoms with E-state index in [1.807, 2.05) is 11.3 Å². The number of hydrogen-bond donors (Lipinski definition) is 0. The summed E-state index contributed by atoms with van der Waals surface area (Å²) in [5.74, 6) is 1.31. The van der Waals surface area contributed by atoms with Gasteiger partial charge in [0.25, 0.3) is 0 Å². The van der Waals surface area contributed by atoms with Crippen LogP contribution in [0, 0.1) is 5.92 Å². The number of hydrogen-bond acceptors (Lipinski definition) is 3. The molecule has 5 aromatic carbocycles. The van der Waals surface area contributed by atoms with Crippen LogP contribution in [0.1, 0.15) is 17.2 Å². The van der Waals surface area contributed by atoms with Crippen molar-refractivity contribution in [2.45, 2.75) is 5.92 Å². The second-order valence-electron chi connectivity index (χ2n) is 11.7. The van der Waals surface area contributed by atoms with Crippen molar-refractivity contribution in [3.8, 4) is 17.2 Å². The molecule has 206 valence electrons. The average molecular weight is 580 g/mol. The first-order valence-corrected chi connectivity index (χ1v) is 15.9. The molecule has 3 heterocycles. The molecule has 0 saturated heterocycles. The van der Waals surface area contributed by atoms with Gasteiger partial charge in [0.2, 0.25) is 5.95 Å². The molecule has 2 aliphatic rings. The van der Waals surface area contributed by atoms with Gasteiger partial charge in [-0.25, -0.2) is 9.97 Å². The van der Waals surface area contributed by atoms with Gasteiger partial charge in [-0.1, -0.05) is 115 Å². The summed E-state index contributed by atoms with van der Waals surface area (Å²) < 4.78 is 4.85. The predicted molar refractivity (Wildman–Crippen MR) is 186 cm³/mol. The van der Waals surface area contributed by atoms with Gasteiger partial charge in [-0.05, 0) is 40.6 Å². The van der Waals surface area contributed by atoms with Crippen molar-refractivity contribution in [1.29, 1.82) is 0 Å². The summed E-state index contributed by atoms with van der Waals surface area (Å²) in [6, 6.07) is 36.9. The van der Waals surface area contributed by atoms with Crippen LogP contribution in [0.25, 0.3) is 76.0 Å². The maximum absolute atomic E-state index is 5.47. The predicted octanol–water partition coefficient (Wildman–Crippen LogP) is 10.6. The summed E-state index contributed by atoms with van der Waals surface area (Å²) >= 11 is 1.84. The zero-order chi connectivity index (χ0) is 28.8. The van der Waals surface area contributed by atoms with E-state index in [0.717, 1.165) is 27.7 Å². The van der Waals surface area contributed by atoms with Crippen LogP contribution in [-0.4, -0.2) is 14.5 Å². The highest BCUT2D eigenvalue weighted by molar-refractivity contribution is 7.26. The maximum Gasteiger partial charge on any atom is 0.235 e. The Hall–Kier alpha value is -5.32. The summed E-state index contributed by atoms with van der Waals surface area (Å²) in [5, 5.41) is 7.44. The lowest BCUT2D eigenvalue weighted by Gasteiger charge is -2.26. The Morgan fingerprint density at radius 2 is 1.43 bits per heavy atom. The van der Waals surface area contributed by atoms with E-state index in [2.05, 4.69) is 144 Å². The lowest BCUT2D eigenvalue weighted by Crippen LogP contribution is -2.14. The first kappa shape index (κ1) is 24.2. The highest BCUT2D eigenvalue weighted by Crippen LogP contribution is 2.47. The fourth-order valence-corrected chi connectivity index (χ4v) is 8.64. The van der Waals surface area contributed by atoms with Crippen molar-refractivity contribution < 1.29 is 0 Å². The molecule has 3 aromatic heterocycles. The van der Waals surface area contributed by atoms with E-state index >= 15 is 0 Å². The van der Waals surface area contributed by atoms with Crippen LogP contribution in [0.3, 0.4) is 0 Å².